The van der Waals surface area contributed by atoms with E-state index in [0.29, 0.717) is 12.0 Å². The molecule has 98 valence electrons. The Labute approximate surface area is 109 Å². The van der Waals surface area contributed by atoms with E-state index in [4.69, 9.17) is 4.74 Å². The Morgan fingerprint density at radius 2 is 2.28 bits per heavy atom. The van der Waals surface area contributed by atoms with Crippen LogP contribution in [0.25, 0.3) is 0 Å². The molecule has 0 saturated carbocycles. The van der Waals surface area contributed by atoms with Crippen LogP contribution in [0.4, 0.5) is 0 Å². The fraction of sp³-hybridized carbons (Fsp3) is 0.467. The maximum atomic E-state index is 11.9. The average molecular weight is 247 g/mol. The molecule has 0 radical (unpaired) electrons. The van der Waals surface area contributed by atoms with Crippen LogP contribution in [-0.4, -0.2) is 25.3 Å². The van der Waals surface area contributed by atoms with Crippen molar-refractivity contribution < 1.29 is 9.53 Å². The lowest BCUT2D eigenvalue weighted by Crippen LogP contribution is -2.19. The maximum Gasteiger partial charge on any atom is 0.339 e. The summed E-state index contributed by atoms with van der Waals surface area (Å²) in [4.78, 5) is 16.4. The van der Waals surface area contributed by atoms with Gasteiger partial charge in [0.25, 0.3) is 0 Å². The van der Waals surface area contributed by atoms with Crippen LogP contribution in [0.1, 0.15) is 32.6 Å². The van der Waals surface area contributed by atoms with Crippen LogP contribution in [0.3, 0.4) is 0 Å². The van der Waals surface area contributed by atoms with E-state index in [-0.39, 0.29) is 5.97 Å². The van der Waals surface area contributed by atoms with Crippen molar-refractivity contribution in [2.45, 2.75) is 32.6 Å². The summed E-state index contributed by atoms with van der Waals surface area (Å²) in [5, 5.41) is 0. The SMILES string of the molecule is C=C/C(CC=CC)=C(\C(=O)OC)C1=NCCCC1. The number of ether oxygens (including phenoxy) is 1. The van der Waals surface area contributed by atoms with Crippen molar-refractivity contribution >= 4 is 11.7 Å². The molecule has 0 unspecified atom stereocenters. The number of allylic oxidation sites excluding steroid dienone is 4. The number of rotatable bonds is 5. The number of carbonyl (C=O) groups excluding carboxylic acids is 1. The lowest BCUT2D eigenvalue weighted by atomic mass is 9.95. The summed E-state index contributed by atoms with van der Waals surface area (Å²) in [5.41, 5.74) is 2.36. The Hall–Kier alpha value is -1.64. The van der Waals surface area contributed by atoms with Gasteiger partial charge in [0.1, 0.15) is 0 Å². The van der Waals surface area contributed by atoms with Gasteiger partial charge in [0.15, 0.2) is 0 Å². The first-order chi connectivity index (χ1) is 8.74. The lowest BCUT2D eigenvalue weighted by molar-refractivity contribution is -0.135. The van der Waals surface area contributed by atoms with Crippen LogP contribution >= 0.6 is 0 Å². The highest BCUT2D eigenvalue weighted by atomic mass is 16.5. The van der Waals surface area contributed by atoms with Gasteiger partial charge in [0.2, 0.25) is 0 Å². The van der Waals surface area contributed by atoms with Crippen molar-refractivity contribution in [2.24, 2.45) is 4.99 Å². The van der Waals surface area contributed by atoms with Gasteiger partial charge in [0.05, 0.1) is 12.7 Å². The molecule has 0 aromatic heterocycles. The third-order valence-corrected chi connectivity index (χ3v) is 2.94. The van der Waals surface area contributed by atoms with Gasteiger partial charge in [-0.05, 0) is 38.2 Å². The molecule has 0 amide bonds. The Bertz CT molecular complexity index is 403. The number of carbonyl (C=O) groups is 1. The Morgan fingerprint density at radius 3 is 2.78 bits per heavy atom. The van der Waals surface area contributed by atoms with Crippen LogP contribution in [0, 0.1) is 0 Å². The summed E-state index contributed by atoms with van der Waals surface area (Å²) >= 11 is 0. The Morgan fingerprint density at radius 1 is 1.50 bits per heavy atom. The van der Waals surface area contributed by atoms with Gasteiger partial charge in [-0.3, -0.25) is 4.99 Å². The van der Waals surface area contributed by atoms with Crippen LogP contribution in [-0.2, 0) is 9.53 Å². The molecule has 1 rings (SSSR count). The molecule has 18 heavy (non-hydrogen) atoms. The Balaban J connectivity index is 3.15. The lowest BCUT2D eigenvalue weighted by Gasteiger charge is -2.16. The van der Waals surface area contributed by atoms with Crippen LogP contribution in [0.5, 0.6) is 0 Å². The third-order valence-electron chi connectivity index (χ3n) is 2.94. The zero-order valence-corrected chi connectivity index (χ0v) is 11.2. The fourth-order valence-corrected chi connectivity index (χ4v) is 1.97. The second-order valence-corrected chi connectivity index (χ2v) is 4.15. The highest BCUT2D eigenvalue weighted by Gasteiger charge is 2.21. The van der Waals surface area contributed by atoms with Crippen molar-refractivity contribution in [2.75, 3.05) is 13.7 Å². The van der Waals surface area contributed by atoms with Crippen LogP contribution in [0.15, 0.2) is 40.9 Å². The first kappa shape index (κ1) is 14.4. The predicted octanol–water partition coefficient (Wildman–Crippen LogP) is 3.23. The minimum absolute atomic E-state index is 0.310. The first-order valence-electron chi connectivity index (χ1n) is 6.33. The first-order valence-corrected chi connectivity index (χ1v) is 6.33. The number of hydrogen-bond acceptors (Lipinski definition) is 3. The van der Waals surface area contributed by atoms with E-state index in [1.807, 2.05) is 19.1 Å². The topological polar surface area (TPSA) is 38.7 Å². The molecule has 0 aliphatic carbocycles. The zero-order chi connectivity index (χ0) is 13.4. The van der Waals surface area contributed by atoms with Crippen molar-refractivity contribution in [3.8, 4) is 0 Å². The summed E-state index contributed by atoms with van der Waals surface area (Å²) < 4.78 is 4.88. The second kappa shape index (κ2) is 7.64. The summed E-state index contributed by atoms with van der Waals surface area (Å²) in [6.07, 6.45) is 9.39. The molecular formula is C15H21NO2. The molecule has 0 bridgehead atoms. The molecule has 3 heteroatoms. The summed E-state index contributed by atoms with van der Waals surface area (Å²) in [6, 6.07) is 0. The van der Waals surface area contributed by atoms with Gasteiger partial charge in [-0.25, -0.2) is 4.79 Å². The maximum absolute atomic E-state index is 11.9. The molecule has 0 aromatic rings. The molecule has 0 atom stereocenters. The second-order valence-electron chi connectivity index (χ2n) is 4.15. The third kappa shape index (κ3) is 3.69. The number of hydrogen-bond donors (Lipinski definition) is 0. The van der Waals surface area contributed by atoms with Gasteiger partial charge in [-0.1, -0.05) is 24.8 Å². The minimum atomic E-state index is -0.310. The molecule has 0 aromatic carbocycles. The molecule has 3 nitrogen and oxygen atoms in total. The van der Waals surface area contributed by atoms with Crippen molar-refractivity contribution in [1.29, 1.82) is 0 Å². The molecule has 0 saturated heterocycles. The minimum Gasteiger partial charge on any atom is -0.465 e. The van der Waals surface area contributed by atoms with E-state index in [0.717, 1.165) is 37.1 Å². The zero-order valence-electron chi connectivity index (χ0n) is 11.2. The standard InChI is InChI=1S/C15H21NO2/c1-4-6-9-12(5-2)14(15(17)18-3)13-10-7-8-11-16-13/h4-6H,2,7-11H2,1,3H3/b6-4?,14-12+. The highest BCUT2D eigenvalue weighted by Crippen LogP contribution is 2.20. The molecule has 1 aliphatic rings. The van der Waals surface area contributed by atoms with Gasteiger partial charge < -0.3 is 4.74 Å². The Kier molecular flexibility index (Phi) is 6.12. The van der Waals surface area contributed by atoms with Gasteiger partial charge in [-0.15, -0.1) is 0 Å². The molecule has 1 aliphatic heterocycles. The van der Waals surface area contributed by atoms with E-state index >= 15 is 0 Å². The van der Waals surface area contributed by atoms with Gasteiger partial charge >= 0.3 is 5.97 Å². The van der Waals surface area contributed by atoms with E-state index in [9.17, 15) is 4.79 Å². The number of nitrogens with zero attached hydrogens (tertiary/aromatic N) is 1. The summed E-state index contributed by atoms with van der Waals surface area (Å²) in [7, 11) is 1.40. The number of esters is 1. The molecule has 1 heterocycles. The van der Waals surface area contributed by atoms with Crippen LogP contribution in [0.2, 0.25) is 0 Å². The number of aliphatic imine (C=N–C) groups is 1. The van der Waals surface area contributed by atoms with Crippen molar-refractivity contribution in [3.05, 3.63) is 36.0 Å². The van der Waals surface area contributed by atoms with E-state index in [2.05, 4.69) is 11.6 Å². The summed E-state index contributed by atoms with van der Waals surface area (Å²) in [5.74, 6) is -0.310. The largest absolute Gasteiger partial charge is 0.465 e. The monoisotopic (exact) mass is 247 g/mol. The molecule has 0 fully saturated rings. The van der Waals surface area contributed by atoms with E-state index in [1.165, 1.54) is 7.11 Å². The molecular weight excluding hydrogens is 226 g/mol. The number of methoxy groups -OCH3 is 1. The highest BCUT2D eigenvalue weighted by molar-refractivity contribution is 6.20. The average Bonchev–Trinajstić information content (AvgIpc) is 2.43. The molecule has 0 N–H and O–H groups in total. The van der Waals surface area contributed by atoms with E-state index < -0.39 is 0 Å². The molecule has 0 spiro atoms. The smallest absolute Gasteiger partial charge is 0.339 e. The van der Waals surface area contributed by atoms with E-state index in [1.54, 1.807) is 6.08 Å². The van der Waals surface area contributed by atoms with Crippen molar-refractivity contribution in [3.63, 3.8) is 0 Å². The van der Waals surface area contributed by atoms with Gasteiger partial charge in [-0.2, -0.15) is 0 Å². The normalized spacial score (nSPS) is 17.1. The predicted molar refractivity (Wildman–Crippen MR) is 74.8 cm³/mol. The summed E-state index contributed by atoms with van der Waals surface area (Å²) in [6.45, 7) is 6.54. The fourth-order valence-electron chi connectivity index (χ4n) is 1.97. The van der Waals surface area contributed by atoms with Crippen molar-refractivity contribution in [1.82, 2.24) is 0 Å². The van der Waals surface area contributed by atoms with Gasteiger partial charge in [0, 0.05) is 12.3 Å². The quantitative estimate of drug-likeness (QED) is 0.324. The van der Waals surface area contributed by atoms with Crippen LogP contribution < -0.4 is 0 Å².